The van der Waals surface area contributed by atoms with Crippen LogP contribution in [0.2, 0.25) is 0 Å². The molecule has 7 heteroatoms. The first kappa shape index (κ1) is 19.2. The maximum atomic E-state index is 12.1. The number of benzene rings is 1. The number of aryl methyl sites for hydroxylation is 1. The molecule has 1 N–H and O–H groups in total. The smallest absolute Gasteiger partial charge is 0.266 e. The Labute approximate surface area is 162 Å². The van der Waals surface area contributed by atoms with Crippen molar-refractivity contribution < 1.29 is 9.59 Å². The predicted octanol–water partition coefficient (Wildman–Crippen LogP) is 2.93. The molecular formula is C21H20N4O3. The van der Waals surface area contributed by atoms with Crippen LogP contribution in [0.5, 0.6) is 0 Å². The van der Waals surface area contributed by atoms with Crippen molar-refractivity contribution in [3.63, 3.8) is 0 Å². The van der Waals surface area contributed by atoms with Gasteiger partial charge in [0.2, 0.25) is 5.91 Å². The average Bonchev–Trinajstić information content (AvgIpc) is 2.70. The van der Waals surface area contributed by atoms with Crippen LogP contribution in [0, 0.1) is 0 Å². The van der Waals surface area contributed by atoms with Crippen molar-refractivity contribution in [2.45, 2.75) is 26.3 Å². The molecule has 3 aromatic rings. The van der Waals surface area contributed by atoms with Crippen molar-refractivity contribution in [2.24, 2.45) is 0 Å². The minimum atomic E-state index is -0.215. The largest absolute Gasteiger partial charge is 0.326 e. The molecule has 0 spiro atoms. The highest BCUT2D eigenvalue weighted by atomic mass is 16.2. The van der Waals surface area contributed by atoms with Gasteiger partial charge in [0.1, 0.15) is 0 Å². The van der Waals surface area contributed by atoms with Crippen LogP contribution < -0.4 is 10.9 Å². The van der Waals surface area contributed by atoms with Crippen LogP contribution in [-0.2, 0) is 11.3 Å². The Kier molecular flexibility index (Phi) is 6.06. The third-order valence-electron chi connectivity index (χ3n) is 4.17. The first-order valence-electron chi connectivity index (χ1n) is 8.92. The normalized spacial score (nSPS) is 10.5. The molecule has 3 rings (SSSR count). The Bertz CT molecular complexity index is 1040. The molecule has 1 amide bonds. The van der Waals surface area contributed by atoms with Gasteiger partial charge in [-0.15, -0.1) is 0 Å². The van der Waals surface area contributed by atoms with Crippen molar-refractivity contribution >= 4 is 17.4 Å². The number of Topliss-reactive ketones (excluding diaryl/α,β-unsaturated/α-hetero) is 1. The molecule has 142 valence electrons. The van der Waals surface area contributed by atoms with E-state index >= 15 is 0 Å². The lowest BCUT2D eigenvalue weighted by atomic mass is 10.1. The Hall–Kier alpha value is -3.61. The lowest BCUT2D eigenvalue weighted by molar-refractivity contribution is -0.116. The summed E-state index contributed by atoms with van der Waals surface area (Å²) in [5, 5.41) is 7.13. The first-order chi connectivity index (χ1) is 13.5. The first-order valence-corrected chi connectivity index (χ1v) is 8.92. The van der Waals surface area contributed by atoms with Crippen LogP contribution in [0.15, 0.2) is 65.7 Å². The fourth-order valence-electron chi connectivity index (χ4n) is 2.71. The van der Waals surface area contributed by atoms with Crippen molar-refractivity contribution in [1.29, 1.82) is 0 Å². The van der Waals surface area contributed by atoms with Gasteiger partial charge in [-0.05, 0) is 43.7 Å². The fourth-order valence-corrected chi connectivity index (χ4v) is 2.71. The number of carbonyl (C=O) groups is 2. The number of aromatic nitrogens is 3. The molecule has 0 aliphatic heterocycles. The van der Waals surface area contributed by atoms with E-state index < -0.39 is 0 Å². The van der Waals surface area contributed by atoms with Crippen molar-refractivity contribution in [2.75, 3.05) is 5.32 Å². The zero-order chi connectivity index (χ0) is 19.9. The fraction of sp³-hybridized carbons (Fsp3) is 0.190. The van der Waals surface area contributed by atoms with Crippen LogP contribution in [0.3, 0.4) is 0 Å². The maximum Gasteiger partial charge on any atom is 0.266 e. The van der Waals surface area contributed by atoms with E-state index in [0.717, 1.165) is 5.56 Å². The molecule has 0 atom stereocenters. The van der Waals surface area contributed by atoms with Gasteiger partial charge in [0.05, 0.1) is 5.69 Å². The topological polar surface area (TPSA) is 93.9 Å². The second-order valence-electron chi connectivity index (χ2n) is 6.30. The van der Waals surface area contributed by atoms with E-state index in [0.29, 0.717) is 29.9 Å². The third-order valence-corrected chi connectivity index (χ3v) is 4.17. The highest BCUT2D eigenvalue weighted by molar-refractivity contribution is 5.97. The monoisotopic (exact) mass is 376 g/mol. The molecule has 0 fully saturated rings. The van der Waals surface area contributed by atoms with Gasteiger partial charge in [-0.1, -0.05) is 12.1 Å². The molecule has 0 saturated heterocycles. The number of hydrogen-bond acceptors (Lipinski definition) is 5. The van der Waals surface area contributed by atoms with Gasteiger partial charge in [0, 0.05) is 48.2 Å². The number of pyridine rings is 1. The number of anilines is 1. The van der Waals surface area contributed by atoms with Gasteiger partial charge in [-0.25, -0.2) is 4.68 Å². The maximum absolute atomic E-state index is 12.1. The number of ketones is 1. The van der Waals surface area contributed by atoms with Crippen molar-refractivity contribution in [1.82, 2.24) is 14.8 Å². The summed E-state index contributed by atoms with van der Waals surface area (Å²) < 4.78 is 1.36. The second-order valence-corrected chi connectivity index (χ2v) is 6.30. The number of nitrogens with one attached hydrogen (secondary N) is 1. The van der Waals surface area contributed by atoms with Gasteiger partial charge < -0.3 is 5.32 Å². The molecule has 0 unspecified atom stereocenters. The summed E-state index contributed by atoms with van der Waals surface area (Å²) >= 11 is 0. The number of rotatable bonds is 7. The summed E-state index contributed by atoms with van der Waals surface area (Å²) in [4.78, 5) is 39.6. The highest BCUT2D eigenvalue weighted by Gasteiger charge is 2.07. The molecule has 0 saturated carbocycles. The number of hydrogen-bond donors (Lipinski definition) is 1. The zero-order valence-corrected chi connectivity index (χ0v) is 15.5. The van der Waals surface area contributed by atoms with Crippen LogP contribution >= 0.6 is 0 Å². The van der Waals surface area contributed by atoms with Crippen molar-refractivity contribution in [3.05, 3.63) is 76.8 Å². The van der Waals surface area contributed by atoms with E-state index in [1.165, 1.54) is 17.7 Å². The Morgan fingerprint density at radius 1 is 1.07 bits per heavy atom. The van der Waals surface area contributed by atoms with Crippen LogP contribution in [0.1, 0.15) is 30.1 Å². The quantitative estimate of drug-likeness (QED) is 0.640. The third kappa shape index (κ3) is 4.97. The lowest BCUT2D eigenvalue weighted by Gasteiger charge is -2.08. The predicted molar refractivity (Wildman–Crippen MR) is 106 cm³/mol. The van der Waals surface area contributed by atoms with Crippen LogP contribution in [0.4, 0.5) is 5.69 Å². The van der Waals surface area contributed by atoms with Crippen LogP contribution in [0.25, 0.3) is 11.3 Å². The second kappa shape index (κ2) is 8.85. The molecule has 7 nitrogen and oxygen atoms in total. The summed E-state index contributed by atoms with van der Waals surface area (Å²) in [6.45, 7) is 1.81. The van der Waals surface area contributed by atoms with E-state index in [-0.39, 0.29) is 23.7 Å². The molecule has 0 aliphatic rings. The van der Waals surface area contributed by atoms with E-state index in [1.807, 2.05) is 12.1 Å². The van der Waals surface area contributed by atoms with Gasteiger partial charge in [-0.2, -0.15) is 5.10 Å². The van der Waals surface area contributed by atoms with Crippen LogP contribution in [-0.4, -0.2) is 26.5 Å². The van der Waals surface area contributed by atoms with E-state index in [2.05, 4.69) is 15.4 Å². The molecule has 2 aromatic heterocycles. The summed E-state index contributed by atoms with van der Waals surface area (Å²) in [6, 6.07) is 13.6. The zero-order valence-electron chi connectivity index (χ0n) is 15.5. The summed E-state index contributed by atoms with van der Waals surface area (Å²) in [5.41, 5.74) is 2.45. The molecule has 0 bridgehead atoms. The molecule has 2 heterocycles. The summed E-state index contributed by atoms with van der Waals surface area (Å²) in [6.07, 6.45) is 4.03. The average molecular weight is 376 g/mol. The lowest BCUT2D eigenvalue weighted by Crippen LogP contribution is -2.23. The minimum Gasteiger partial charge on any atom is -0.326 e. The van der Waals surface area contributed by atoms with Crippen molar-refractivity contribution in [3.8, 4) is 11.3 Å². The van der Waals surface area contributed by atoms with E-state index in [1.54, 1.807) is 42.7 Å². The van der Waals surface area contributed by atoms with Gasteiger partial charge in [-0.3, -0.25) is 19.4 Å². The Balaban J connectivity index is 1.59. The Morgan fingerprint density at radius 3 is 2.61 bits per heavy atom. The SMILES string of the molecule is CC(=O)c1cccc(NC(=O)CCCn2nc(-c3ccncc3)ccc2=O)c1. The minimum absolute atomic E-state index is 0.0596. The number of carbonyl (C=O) groups excluding carboxylic acids is 2. The summed E-state index contributed by atoms with van der Waals surface area (Å²) in [7, 11) is 0. The van der Waals surface area contributed by atoms with E-state index in [4.69, 9.17) is 0 Å². The molecule has 0 aliphatic carbocycles. The molecule has 1 aromatic carbocycles. The molecular weight excluding hydrogens is 356 g/mol. The van der Waals surface area contributed by atoms with Gasteiger partial charge >= 0.3 is 0 Å². The summed E-state index contributed by atoms with van der Waals surface area (Å²) in [5.74, 6) is -0.241. The molecule has 0 radical (unpaired) electrons. The highest BCUT2D eigenvalue weighted by Crippen LogP contribution is 2.14. The number of amides is 1. The number of nitrogens with zero attached hydrogens (tertiary/aromatic N) is 3. The van der Waals surface area contributed by atoms with E-state index in [9.17, 15) is 14.4 Å². The van der Waals surface area contributed by atoms with Gasteiger partial charge in [0.25, 0.3) is 5.56 Å². The Morgan fingerprint density at radius 2 is 1.86 bits per heavy atom. The molecule has 28 heavy (non-hydrogen) atoms. The van der Waals surface area contributed by atoms with Gasteiger partial charge in [0.15, 0.2) is 5.78 Å². The standard InChI is InChI=1S/C21H20N4O3/c1-15(26)17-4-2-5-18(14-17)23-20(27)6-3-13-25-21(28)8-7-19(24-25)16-9-11-22-12-10-16/h2,4-5,7-12,14H,3,6,13H2,1H3,(H,23,27).